The topological polar surface area (TPSA) is 55.2 Å². The molecule has 1 aromatic heterocycles. The van der Waals surface area contributed by atoms with Crippen molar-refractivity contribution in [3.8, 4) is 0 Å². The molecule has 0 N–H and O–H groups in total. The average Bonchev–Trinajstić information content (AvgIpc) is 3.03. The van der Waals surface area contributed by atoms with Crippen molar-refractivity contribution in [2.24, 2.45) is 0 Å². The summed E-state index contributed by atoms with van der Waals surface area (Å²) in [5, 5.41) is 0.570. The Morgan fingerprint density at radius 1 is 0.969 bits per heavy atom. The molecule has 32 heavy (non-hydrogen) atoms. The maximum absolute atomic E-state index is 13.4. The number of carbonyl (C=O) groups is 1. The zero-order valence-electron chi connectivity index (χ0n) is 17.5. The molecule has 1 aliphatic heterocycles. The van der Waals surface area contributed by atoms with Crippen molar-refractivity contribution >= 4 is 50.1 Å². The van der Waals surface area contributed by atoms with E-state index in [1.807, 2.05) is 66.7 Å². The zero-order valence-corrected chi connectivity index (χ0v) is 19.0. The molecule has 5 rings (SSSR count). The van der Waals surface area contributed by atoms with E-state index in [4.69, 9.17) is 4.98 Å². The number of halogens is 1. The third-order valence-electron chi connectivity index (χ3n) is 5.78. The van der Waals surface area contributed by atoms with Crippen molar-refractivity contribution in [3.63, 3.8) is 0 Å². The number of anilines is 1. The quantitative estimate of drug-likeness (QED) is 0.385. The SMILES string of the molecule is CN1C(=O)C(=Cc2nc3ccccc3c(=O)n2CCc2ccccc2)c2cc(Br)ccc21. The lowest BCUT2D eigenvalue weighted by atomic mass is 10.1. The van der Waals surface area contributed by atoms with E-state index < -0.39 is 0 Å². The van der Waals surface area contributed by atoms with E-state index in [1.165, 1.54) is 0 Å². The molecule has 0 fully saturated rings. The molecular weight excluding hydrogens is 466 g/mol. The standard InChI is InChI=1S/C26H20BrN3O2/c1-29-23-12-11-18(27)15-20(23)21(25(29)31)16-24-28-22-10-6-5-9-19(22)26(32)30(24)14-13-17-7-3-2-4-8-17/h2-12,15-16H,13-14H2,1H3. The molecule has 0 aliphatic carbocycles. The number of para-hydroxylation sites is 1. The Kier molecular flexibility index (Phi) is 5.23. The van der Waals surface area contributed by atoms with Crippen LogP contribution in [0.2, 0.25) is 0 Å². The third kappa shape index (κ3) is 3.56. The molecule has 2 heterocycles. The van der Waals surface area contributed by atoms with Crippen molar-refractivity contribution < 1.29 is 4.79 Å². The van der Waals surface area contributed by atoms with Gasteiger partial charge in [0.25, 0.3) is 11.5 Å². The maximum Gasteiger partial charge on any atom is 0.261 e. The summed E-state index contributed by atoms with van der Waals surface area (Å²) in [7, 11) is 1.76. The van der Waals surface area contributed by atoms with Gasteiger partial charge in [-0.25, -0.2) is 4.98 Å². The molecule has 0 radical (unpaired) electrons. The number of hydrogen-bond donors (Lipinski definition) is 0. The van der Waals surface area contributed by atoms with E-state index in [2.05, 4.69) is 15.9 Å². The Morgan fingerprint density at radius 2 is 1.72 bits per heavy atom. The molecule has 3 aromatic carbocycles. The fourth-order valence-electron chi connectivity index (χ4n) is 4.09. The number of aryl methyl sites for hydroxylation is 1. The molecule has 4 aromatic rings. The summed E-state index contributed by atoms with van der Waals surface area (Å²) in [6.45, 7) is 0.467. The lowest BCUT2D eigenvalue weighted by Crippen LogP contribution is -2.25. The summed E-state index contributed by atoms with van der Waals surface area (Å²) in [6.07, 6.45) is 2.43. The number of benzene rings is 3. The highest BCUT2D eigenvalue weighted by Gasteiger charge is 2.30. The van der Waals surface area contributed by atoms with Crippen LogP contribution in [0.15, 0.2) is 82.1 Å². The summed E-state index contributed by atoms with van der Waals surface area (Å²) >= 11 is 3.50. The molecule has 1 aliphatic rings. The van der Waals surface area contributed by atoms with E-state index in [0.29, 0.717) is 35.3 Å². The van der Waals surface area contributed by atoms with Crippen LogP contribution in [0.3, 0.4) is 0 Å². The Labute approximate surface area is 193 Å². The molecule has 0 unspecified atom stereocenters. The van der Waals surface area contributed by atoms with Crippen LogP contribution < -0.4 is 10.5 Å². The molecule has 0 saturated carbocycles. The van der Waals surface area contributed by atoms with Crippen LogP contribution in [0.1, 0.15) is 17.0 Å². The first-order valence-corrected chi connectivity index (χ1v) is 11.2. The van der Waals surface area contributed by atoms with Gasteiger partial charge >= 0.3 is 0 Å². The summed E-state index contributed by atoms with van der Waals surface area (Å²) in [5.74, 6) is 0.365. The van der Waals surface area contributed by atoms with Gasteiger partial charge in [0, 0.05) is 23.6 Å². The van der Waals surface area contributed by atoms with E-state index in [-0.39, 0.29) is 11.5 Å². The normalized spacial score (nSPS) is 14.4. The van der Waals surface area contributed by atoms with Gasteiger partial charge in [-0.15, -0.1) is 0 Å². The minimum Gasteiger partial charge on any atom is -0.311 e. The van der Waals surface area contributed by atoms with E-state index in [1.54, 1.807) is 28.7 Å². The van der Waals surface area contributed by atoms with Crippen molar-refractivity contribution in [1.82, 2.24) is 9.55 Å². The predicted molar refractivity (Wildman–Crippen MR) is 132 cm³/mol. The Bertz CT molecular complexity index is 1440. The first-order chi connectivity index (χ1) is 15.5. The zero-order chi connectivity index (χ0) is 22.2. The van der Waals surface area contributed by atoms with Crippen LogP contribution in [0.25, 0.3) is 22.6 Å². The molecule has 158 valence electrons. The van der Waals surface area contributed by atoms with Crippen LogP contribution >= 0.6 is 15.9 Å². The summed E-state index contributed by atoms with van der Waals surface area (Å²) in [6, 6.07) is 23.1. The van der Waals surface area contributed by atoms with Crippen LogP contribution in [-0.2, 0) is 17.8 Å². The highest BCUT2D eigenvalue weighted by atomic mass is 79.9. The number of fused-ring (bicyclic) bond motifs is 2. The van der Waals surface area contributed by atoms with E-state index in [9.17, 15) is 9.59 Å². The lowest BCUT2D eigenvalue weighted by molar-refractivity contribution is -0.112. The molecule has 6 heteroatoms. The summed E-state index contributed by atoms with van der Waals surface area (Å²) < 4.78 is 2.56. The Hall–Kier alpha value is -3.51. The number of rotatable bonds is 4. The summed E-state index contributed by atoms with van der Waals surface area (Å²) in [5.41, 5.74) is 3.84. The van der Waals surface area contributed by atoms with Gasteiger partial charge in [-0.05, 0) is 48.4 Å². The first-order valence-electron chi connectivity index (χ1n) is 10.4. The second-order valence-electron chi connectivity index (χ2n) is 7.76. The van der Waals surface area contributed by atoms with Crippen molar-refractivity contribution in [2.45, 2.75) is 13.0 Å². The molecule has 1 amide bonds. The molecule has 0 bridgehead atoms. The van der Waals surface area contributed by atoms with Gasteiger partial charge in [0.05, 0.1) is 22.2 Å². The predicted octanol–water partition coefficient (Wildman–Crippen LogP) is 4.92. The van der Waals surface area contributed by atoms with Gasteiger partial charge in [-0.3, -0.25) is 14.2 Å². The first kappa shape index (κ1) is 20.4. The summed E-state index contributed by atoms with van der Waals surface area (Å²) in [4.78, 5) is 32.8. The second-order valence-corrected chi connectivity index (χ2v) is 8.68. The van der Waals surface area contributed by atoms with Crippen molar-refractivity contribution in [2.75, 3.05) is 11.9 Å². The third-order valence-corrected chi connectivity index (χ3v) is 6.27. The van der Waals surface area contributed by atoms with Gasteiger partial charge in [-0.2, -0.15) is 0 Å². The average molecular weight is 486 g/mol. The van der Waals surface area contributed by atoms with E-state index >= 15 is 0 Å². The molecule has 5 nitrogen and oxygen atoms in total. The maximum atomic E-state index is 13.4. The Morgan fingerprint density at radius 3 is 2.53 bits per heavy atom. The van der Waals surface area contributed by atoms with Gasteiger partial charge < -0.3 is 4.90 Å². The second kappa shape index (κ2) is 8.20. The number of amides is 1. The Balaban J connectivity index is 1.67. The van der Waals surface area contributed by atoms with Crippen LogP contribution in [0, 0.1) is 0 Å². The highest BCUT2D eigenvalue weighted by molar-refractivity contribution is 9.10. The number of nitrogens with zero attached hydrogens (tertiary/aromatic N) is 3. The van der Waals surface area contributed by atoms with Crippen molar-refractivity contribution in [1.29, 1.82) is 0 Å². The fraction of sp³-hybridized carbons (Fsp3) is 0.115. The molecule has 0 spiro atoms. The molecule has 0 saturated heterocycles. The van der Waals surface area contributed by atoms with Gasteiger partial charge in [-0.1, -0.05) is 58.4 Å². The minimum atomic E-state index is -0.116. The smallest absolute Gasteiger partial charge is 0.261 e. The van der Waals surface area contributed by atoms with Crippen molar-refractivity contribution in [3.05, 3.63) is 105 Å². The van der Waals surface area contributed by atoms with Crippen LogP contribution in [-0.4, -0.2) is 22.5 Å². The van der Waals surface area contributed by atoms with Crippen LogP contribution in [0.4, 0.5) is 5.69 Å². The van der Waals surface area contributed by atoms with E-state index in [0.717, 1.165) is 21.3 Å². The monoisotopic (exact) mass is 485 g/mol. The minimum absolute atomic E-state index is 0.105. The number of carbonyl (C=O) groups excluding carboxylic acids is 1. The molecule has 0 atom stereocenters. The van der Waals surface area contributed by atoms with Gasteiger partial charge in [0.1, 0.15) is 5.82 Å². The number of likely N-dealkylation sites (N-methyl/N-ethyl adjacent to an activating group) is 1. The fourth-order valence-corrected chi connectivity index (χ4v) is 4.45. The number of hydrogen-bond acceptors (Lipinski definition) is 3. The largest absolute Gasteiger partial charge is 0.311 e. The van der Waals surface area contributed by atoms with Gasteiger partial charge in [0.15, 0.2) is 0 Å². The molecular formula is C26H20BrN3O2. The lowest BCUT2D eigenvalue weighted by Gasteiger charge is -2.12. The van der Waals surface area contributed by atoms with Gasteiger partial charge in [0.2, 0.25) is 0 Å². The number of aromatic nitrogens is 2. The van der Waals surface area contributed by atoms with Crippen LogP contribution in [0.5, 0.6) is 0 Å². The highest BCUT2D eigenvalue weighted by Crippen LogP contribution is 2.38.